The summed E-state index contributed by atoms with van der Waals surface area (Å²) in [5, 5.41) is 9.96. The van der Waals surface area contributed by atoms with Gasteiger partial charge >= 0.3 is 0 Å². The molecule has 0 bridgehead atoms. The molecule has 0 saturated heterocycles. The van der Waals surface area contributed by atoms with Gasteiger partial charge in [-0.1, -0.05) is 84.5 Å². The van der Waals surface area contributed by atoms with Gasteiger partial charge in [-0.3, -0.25) is 0 Å². The predicted octanol–water partition coefficient (Wildman–Crippen LogP) is 11.2. The zero-order chi connectivity index (χ0) is 28.4. The summed E-state index contributed by atoms with van der Waals surface area (Å²) in [6, 6.07) is 2.67. The van der Waals surface area contributed by atoms with Crippen molar-refractivity contribution in [2.45, 2.75) is 193 Å². The van der Waals surface area contributed by atoms with Crippen LogP contribution in [0.25, 0.3) is 0 Å². The Labute approximate surface area is 249 Å². The van der Waals surface area contributed by atoms with Gasteiger partial charge < -0.3 is 9.47 Å². The van der Waals surface area contributed by atoms with Crippen LogP contribution >= 0.6 is 0 Å². The largest absolute Gasteiger partial charge is 0.378 e. The molecule has 3 nitrogen and oxygen atoms in total. The van der Waals surface area contributed by atoms with Crippen LogP contribution in [0, 0.1) is 40.9 Å². The Morgan fingerprint density at radius 1 is 0.625 bits per heavy atom. The Morgan fingerprint density at radius 2 is 1.12 bits per heavy atom. The van der Waals surface area contributed by atoms with Crippen molar-refractivity contribution >= 4 is 0 Å². The van der Waals surface area contributed by atoms with Crippen molar-refractivity contribution in [3.63, 3.8) is 0 Å². The number of hydrogen-bond acceptors (Lipinski definition) is 3. The van der Waals surface area contributed by atoms with Gasteiger partial charge in [0, 0.05) is 6.61 Å². The highest BCUT2D eigenvalue weighted by molar-refractivity contribution is 4.96. The number of hydrogen-bond donors (Lipinski definition) is 0. The molecule has 232 valence electrons. The van der Waals surface area contributed by atoms with Gasteiger partial charge in [-0.15, -0.1) is 0 Å². The maximum absolute atomic E-state index is 9.96. The fraction of sp³-hybridized carbons (Fsp3) is 0.973. The monoisotopic (exact) mass is 558 g/mol. The van der Waals surface area contributed by atoms with E-state index in [2.05, 4.69) is 26.8 Å². The number of rotatable bonds is 19. The smallest absolute Gasteiger partial charge is 0.0737 e. The van der Waals surface area contributed by atoms with Crippen molar-refractivity contribution < 1.29 is 9.47 Å². The molecule has 3 rings (SSSR count). The van der Waals surface area contributed by atoms with E-state index in [0.29, 0.717) is 12.2 Å². The lowest BCUT2D eigenvalue weighted by atomic mass is 9.65. The second-order valence-electron chi connectivity index (χ2n) is 14.2. The number of unbranched alkanes of at least 4 members (excludes halogenated alkanes) is 10. The molecule has 0 aromatic rings. The normalized spacial score (nSPS) is 32.0. The summed E-state index contributed by atoms with van der Waals surface area (Å²) in [6.07, 6.45) is 32.9. The first-order valence-corrected chi connectivity index (χ1v) is 18.3. The third kappa shape index (κ3) is 12.3. The van der Waals surface area contributed by atoms with Crippen molar-refractivity contribution in [1.29, 1.82) is 5.26 Å². The first kappa shape index (κ1) is 33.9. The Bertz CT molecular complexity index is 658. The summed E-state index contributed by atoms with van der Waals surface area (Å²) in [5.41, 5.74) is 0. The van der Waals surface area contributed by atoms with E-state index in [-0.39, 0.29) is 12.0 Å². The van der Waals surface area contributed by atoms with E-state index in [1.54, 1.807) is 0 Å². The lowest BCUT2D eigenvalue weighted by molar-refractivity contribution is -0.0581. The van der Waals surface area contributed by atoms with Gasteiger partial charge in [0.15, 0.2) is 0 Å². The van der Waals surface area contributed by atoms with E-state index >= 15 is 0 Å². The van der Waals surface area contributed by atoms with Gasteiger partial charge in [0.2, 0.25) is 0 Å². The van der Waals surface area contributed by atoms with E-state index in [4.69, 9.17) is 9.47 Å². The first-order chi connectivity index (χ1) is 19.6. The summed E-state index contributed by atoms with van der Waals surface area (Å²) in [6.45, 7) is 7.78. The fourth-order valence-electron chi connectivity index (χ4n) is 8.43. The maximum atomic E-state index is 9.96. The van der Waals surface area contributed by atoms with Gasteiger partial charge in [0.05, 0.1) is 30.3 Å². The SMILES string of the molecule is CCCCCCCCCCOC1CCC(C2CCC(C3CCC(OC(C)CCCCCC)C(C#N)C3)CC2)CC1. The molecule has 0 aromatic heterocycles. The molecule has 40 heavy (non-hydrogen) atoms. The zero-order valence-electron chi connectivity index (χ0n) is 27.1. The average molecular weight is 558 g/mol. The molecular weight excluding hydrogens is 490 g/mol. The van der Waals surface area contributed by atoms with Gasteiger partial charge in [-0.2, -0.15) is 5.26 Å². The minimum atomic E-state index is 0.107. The van der Waals surface area contributed by atoms with Crippen LogP contribution in [-0.4, -0.2) is 24.9 Å². The molecule has 0 aliphatic heterocycles. The molecule has 0 N–H and O–H groups in total. The molecule has 3 heteroatoms. The molecular formula is C37H67NO2. The Balaban J connectivity index is 1.25. The van der Waals surface area contributed by atoms with Crippen LogP contribution in [0.3, 0.4) is 0 Å². The van der Waals surface area contributed by atoms with Crippen LogP contribution in [0.5, 0.6) is 0 Å². The zero-order valence-corrected chi connectivity index (χ0v) is 27.1. The van der Waals surface area contributed by atoms with E-state index in [0.717, 1.165) is 49.5 Å². The van der Waals surface area contributed by atoms with Crippen LogP contribution in [0.1, 0.15) is 175 Å². The molecule has 0 radical (unpaired) electrons. The lowest BCUT2D eigenvalue weighted by Gasteiger charge is -2.42. The van der Waals surface area contributed by atoms with Crippen molar-refractivity contribution in [2.75, 3.05) is 6.61 Å². The first-order valence-electron chi connectivity index (χ1n) is 18.3. The maximum Gasteiger partial charge on any atom is 0.0737 e. The fourth-order valence-corrected chi connectivity index (χ4v) is 8.43. The quantitative estimate of drug-likeness (QED) is 0.148. The highest BCUT2D eigenvalue weighted by Crippen LogP contribution is 2.46. The molecule has 4 atom stereocenters. The third-order valence-electron chi connectivity index (χ3n) is 11.1. The van der Waals surface area contributed by atoms with E-state index in [9.17, 15) is 5.26 Å². The molecule has 0 spiro atoms. The average Bonchev–Trinajstić information content (AvgIpc) is 2.99. The van der Waals surface area contributed by atoms with Crippen LogP contribution < -0.4 is 0 Å². The summed E-state index contributed by atoms with van der Waals surface area (Å²) in [7, 11) is 0. The number of ether oxygens (including phenoxy) is 2. The highest BCUT2D eigenvalue weighted by atomic mass is 16.5. The summed E-state index contributed by atoms with van der Waals surface area (Å²) >= 11 is 0. The Kier molecular flexibility index (Phi) is 17.2. The van der Waals surface area contributed by atoms with Crippen LogP contribution in [0.15, 0.2) is 0 Å². The summed E-state index contributed by atoms with van der Waals surface area (Å²) in [4.78, 5) is 0. The summed E-state index contributed by atoms with van der Waals surface area (Å²) in [5.74, 6) is 3.61. The number of nitriles is 1. The molecule has 0 amide bonds. The van der Waals surface area contributed by atoms with Crippen molar-refractivity contribution in [2.24, 2.45) is 29.6 Å². The standard InChI is InChI=1S/C37H67NO2/c1-4-6-8-10-11-12-13-15-27-39-36-24-21-32(22-25-36)31-17-19-33(20-18-31)34-23-26-37(35(28-34)29-38)40-30(3)16-14-9-7-5-2/h30-37H,4-28H2,1-3H3. The van der Waals surface area contributed by atoms with Gasteiger partial charge in [-0.05, 0) is 114 Å². The van der Waals surface area contributed by atoms with Crippen molar-refractivity contribution in [3.05, 3.63) is 0 Å². The number of nitrogens with zero attached hydrogens (tertiary/aromatic N) is 1. The molecule has 3 saturated carbocycles. The molecule has 0 heterocycles. The third-order valence-corrected chi connectivity index (χ3v) is 11.1. The Hall–Kier alpha value is -0.590. The van der Waals surface area contributed by atoms with Crippen molar-refractivity contribution in [3.8, 4) is 6.07 Å². The van der Waals surface area contributed by atoms with E-state index in [1.165, 1.54) is 135 Å². The minimum absolute atomic E-state index is 0.107. The molecule has 3 aliphatic carbocycles. The van der Waals surface area contributed by atoms with Crippen LogP contribution in [0.2, 0.25) is 0 Å². The van der Waals surface area contributed by atoms with Gasteiger partial charge in [-0.25, -0.2) is 0 Å². The van der Waals surface area contributed by atoms with Gasteiger partial charge in [0.25, 0.3) is 0 Å². The molecule has 4 unspecified atom stereocenters. The predicted molar refractivity (Wildman–Crippen MR) is 169 cm³/mol. The van der Waals surface area contributed by atoms with Crippen LogP contribution in [-0.2, 0) is 9.47 Å². The molecule has 3 aliphatic rings. The lowest BCUT2D eigenvalue weighted by Crippen LogP contribution is -2.37. The molecule has 0 aromatic carbocycles. The summed E-state index contributed by atoms with van der Waals surface area (Å²) < 4.78 is 12.7. The van der Waals surface area contributed by atoms with Gasteiger partial charge in [0.1, 0.15) is 0 Å². The second kappa shape index (κ2) is 20.3. The van der Waals surface area contributed by atoms with Crippen LogP contribution in [0.4, 0.5) is 0 Å². The topological polar surface area (TPSA) is 42.2 Å². The van der Waals surface area contributed by atoms with E-state index in [1.807, 2.05) is 0 Å². The molecule has 3 fully saturated rings. The highest BCUT2D eigenvalue weighted by Gasteiger charge is 2.38. The van der Waals surface area contributed by atoms with Crippen molar-refractivity contribution in [1.82, 2.24) is 0 Å². The Morgan fingerprint density at radius 3 is 1.73 bits per heavy atom. The second-order valence-corrected chi connectivity index (χ2v) is 14.2. The minimum Gasteiger partial charge on any atom is -0.378 e. The van der Waals surface area contributed by atoms with E-state index < -0.39 is 0 Å².